The fourth-order valence-corrected chi connectivity index (χ4v) is 2.55. The SMILES string of the molecule is COC(=O)[C@@H](NC(=O)CCCC(=O)NCC(=O)c1ccc(Br)cc1)C(C)C. The number of hydrogen-bond donors (Lipinski definition) is 2. The molecule has 0 aromatic heterocycles. The van der Waals surface area contributed by atoms with Crippen molar-refractivity contribution < 1.29 is 23.9 Å². The van der Waals surface area contributed by atoms with Gasteiger partial charge in [-0.25, -0.2) is 4.79 Å². The highest BCUT2D eigenvalue weighted by molar-refractivity contribution is 9.10. The number of benzene rings is 1. The van der Waals surface area contributed by atoms with Gasteiger partial charge in [-0.2, -0.15) is 0 Å². The number of carbonyl (C=O) groups excluding carboxylic acids is 4. The summed E-state index contributed by atoms with van der Waals surface area (Å²) in [5.41, 5.74) is 0.514. The molecule has 1 aromatic rings. The van der Waals surface area contributed by atoms with Crippen molar-refractivity contribution in [3.8, 4) is 0 Å². The first kappa shape index (κ1) is 22.8. The van der Waals surface area contributed by atoms with Gasteiger partial charge in [0.2, 0.25) is 11.8 Å². The van der Waals surface area contributed by atoms with Crippen molar-refractivity contribution in [1.29, 1.82) is 0 Å². The molecular formula is C19H25BrN2O5. The van der Waals surface area contributed by atoms with E-state index in [1.165, 1.54) is 7.11 Å². The van der Waals surface area contributed by atoms with Crippen LogP contribution in [0.25, 0.3) is 0 Å². The van der Waals surface area contributed by atoms with Gasteiger partial charge >= 0.3 is 5.97 Å². The van der Waals surface area contributed by atoms with Crippen LogP contribution in [0.15, 0.2) is 28.7 Å². The van der Waals surface area contributed by atoms with Crippen molar-refractivity contribution in [2.24, 2.45) is 5.92 Å². The van der Waals surface area contributed by atoms with E-state index in [1.54, 1.807) is 38.1 Å². The van der Waals surface area contributed by atoms with Crippen LogP contribution in [0, 0.1) is 5.92 Å². The van der Waals surface area contributed by atoms with Crippen molar-refractivity contribution >= 4 is 39.5 Å². The van der Waals surface area contributed by atoms with Crippen LogP contribution in [0.4, 0.5) is 0 Å². The number of rotatable bonds is 10. The van der Waals surface area contributed by atoms with E-state index < -0.39 is 12.0 Å². The van der Waals surface area contributed by atoms with Crippen molar-refractivity contribution in [2.75, 3.05) is 13.7 Å². The zero-order valence-corrected chi connectivity index (χ0v) is 17.3. The molecule has 1 rings (SSSR count). The largest absolute Gasteiger partial charge is 0.467 e. The third kappa shape index (κ3) is 8.34. The molecule has 0 fully saturated rings. The summed E-state index contributed by atoms with van der Waals surface area (Å²) in [4.78, 5) is 47.4. The minimum atomic E-state index is -0.708. The summed E-state index contributed by atoms with van der Waals surface area (Å²) in [6, 6.07) is 6.16. The van der Waals surface area contributed by atoms with E-state index in [1.807, 2.05) is 0 Å². The van der Waals surface area contributed by atoms with E-state index in [4.69, 9.17) is 0 Å². The molecule has 0 aliphatic rings. The normalized spacial score (nSPS) is 11.6. The van der Waals surface area contributed by atoms with E-state index in [0.717, 1.165) is 4.47 Å². The maximum atomic E-state index is 12.0. The van der Waals surface area contributed by atoms with Gasteiger partial charge in [-0.05, 0) is 24.5 Å². The smallest absolute Gasteiger partial charge is 0.328 e. The molecule has 0 heterocycles. The molecule has 0 radical (unpaired) electrons. The predicted octanol–water partition coefficient (Wildman–Crippen LogP) is 2.23. The second-order valence-corrected chi connectivity index (χ2v) is 7.29. The number of hydrogen-bond acceptors (Lipinski definition) is 5. The topological polar surface area (TPSA) is 102 Å². The molecule has 0 bridgehead atoms. The summed E-state index contributed by atoms with van der Waals surface area (Å²) < 4.78 is 5.53. The van der Waals surface area contributed by atoms with Crippen LogP contribution < -0.4 is 10.6 Å². The van der Waals surface area contributed by atoms with Crippen molar-refractivity contribution in [1.82, 2.24) is 10.6 Å². The average Bonchev–Trinajstić information content (AvgIpc) is 2.63. The van der Waals surface area contributed by atoms with E-state index >= 15 is 0 Å². The molecule has 0 saturated heterocycles. The Kier molecular flexibility index (Phi) is 9.71. The molecule has 2 N–H and O–H groups in total. The fourth-order valence-electron chi connectivity index (χ4n) is 2.28. The third-order valence-electron chi connectivity index (χ3n) is 3.86. The van der Waals surface area contributed by atoms with Crippen molar-refractivity contribution in [3.63, 3.8) is 0 Å². The first-order valence-corrected chi connectivity index (χ1v) is 9.46. The Morgan fingerprint density at radius 3 is 2.19 bits per heavy atom. The second kappa shape index (κ2) is 11.5. The lowest BCUT2D eigenvalue weighted by atomic mass is 10.0. The van der Waals surface area contributed by atoms with E-state index in [9.17, 15) is 19.2 Å². The molecule has 7 nitrogen and oxygen atoms in total. The van der Waals surface area contributed by atoms with Crippen LogP contribution >= 0.6 is 15.9 Å². The number of carbonyl (C=O) groups is 4. The minimum Gasteiger partial charge on any atom is -0.467 e. The molecule has 1 atom stereocenters. The molecule has 0 saturated carbocycles. The second-order valence-electron chi connectivity index (χ2n) is 6.37. The average molecular weight is 441 g/mol. The quantitative estimate of drug-likeness (QED) is 0.429. The Morgan fingerprint density at radius 1 is 1.04 bits per heavy atom. The number of ether oxygens (including phenoxy) is 1. The molecule has 0 spiro atoms. The maximum absolute atomic E-state index is 12.0. The zero-order valence-electron chi connectivity index (χ0n) is 15.7. The molecule has 8 heteroatoms. The third-order valence-corrected chi connectivity index (χ3v) is 4.39. The molecule has 2 amide bonds. The Balaban J connectivity index is 2.31. The van der Waals surface area contributed by atoms with Gasteiger partial charge in [-0.3, -0.25) is 14.4 Å². The molecule has 0 aliphatic carbocycles. The highest BCUT2D eigenvalue weighted by Crippen LogP contribution is 2.10. The molecule has 0 unspecified atom stereocenters. The van der Waals surface area contributed by atoms with Crippen LogP contribution in [0.3, 0.4) is 0 Å². The van der Waals surface area contributed by atoms with E-state index in [2.05, 4.69) is 31.3 Å². The fraction of sp³-hybridized carbons (Fsp3) is 0.474. The summed E-state index contributed by atoms with van der Waals surface area (Å²) in [6.45, 7) is 3.51. The van der Waals surface area contributed by atoms with Gasteiger partial charge in [0.15, 0.2) is 5.78 Å². The van der Waals surface area contributed by atoms with Crippen LogP contribution in [0.5, 0.6) is 0 Å². The number of methoxy groups -OCH3 is 1. The van der Waals surface area contributed by atoms with Crippen LogP contribution in [-0.2, 0) is 19.1 Å². The highest BCUT2D eigenvalue weighted by Gasteiger charge is 2.24. The van der Waals surface area contributed by atoms with Crippen LogP contribution in [-0.4, -0.2) is 43.3 Å². The molecular weight excluding hydrogens is 416 g/mol. The maximum Gasteiger partial charge on any atom is 0.328 e. The van der Waals surface area contributed by atoms with E-state index in [0.29, 0.717) is 12.0 Å². The van der Waals surface area contributed by atoms with Crippen molar-refractivity contribution in [2.45, 2.75) is 39.2 Å². The lowest BCUT2D eigenvalue weighted by Gasteiger charge is -2.19. The van der Waals surface area contributed by atoms with Crippen LogP contribution in [0.1, 0.15) is 43.5 Å². The number of esters is 1. The Bertz CT molecular complexity index is 673. The number of nitrogens with one attached hydrogen (secondary N) is 2. The number of ketones is 1. The molecule has 148 valence electrons. The van der Waals surface area contributed by atoms with Gasteiger partial charge in [0.05, 0.1) is 13.7 Å². The number of amides is 2. The van der Waals surface area contributed by atoms with Gasteiger partial charge < -0.3 is 15.4 Å². The van der Waals surface area contributed by atoms with Gasteiger partial charge in [0.1, 0.15) is 6.04 Å². The van der Waals surface area contributed by atoms with Crippen LogP contribution in [0.2, 0.25) is 0 Å². The first-order chi connectivity index (χ1) is 12.7. The number of Topliss-reactive ketones (excluding diaryl/α,β-unsaturated/α-hetero) is 1. The summed E-state index contributed by atoms with van der Waals surface area (Å²) >= 11 is 3.29. The number of halogens is 1. The predicted molar refractivity (Wildman–Crippen MR) is 104 cm³/mol. The molecule has 1 aromatic carbocycles. The lowest BCUT2D eigenvalue weighted by Crippen LogP contribution is -2.45. The van der Waals surface area contributed by atoms with E-state index in [-0.39, 0.29) is 42.9 Å². The van der Waals surface area contributed by atoms with Gasteiger partial charge in [0.25, 0.3) is 0 Å². The minimum absolute atomic E-state index is 0.0928. The first-order valence-electron chi connectivity index (χ1n) is 8.67. The molecule has 27 heavy (non-hydrogen) atoms. The monoisotopic (exact) mass is 440 g/mol. The zero-order chi connectivity index (χ0) is 20.4. The summed E-state index contributed by atoms with van der Waals surface area (Å²) in [7, 11) is 1.27. The Morgan fingerprint density at radius 2 is 1.63 bits per heavy atom. The highest BCUT2D eigenvalue weighted by atomic mass is 79.9. The van der Waals surface area contributed by atoms with Gasteiger partial charge in [0, 0.05) is 22.9 Å². The summed E-state index contributed by atoms with van der Waals surface area (Å²) in [5.74, 6) is -1.41. The standard InChI is InChI=1S/C19H25BrN2O5/c1-12(2)18(19(26)27-3)22-17(25)6-4-5-16(24)21-11-15(23)13-7-9-14(20)10-8-13/h7-10,12,18H,4-6,11H2,1-3H3,(H,21,24)(H,22,25)/t18-/m0/s1. The van der Waals surface area contributed by atoms with Gasteiger partial charge in [-0.1, -0.05) is 41.9 Å². The van der Waals surface area contributed by atoms with Crippen molar-refractivity contribution in [3.05, 3.63) is 34.3 Å². The summed E-state index contributed by atoms with van der Waals surface area (Å²) in [6.07, 6.45) is 0.538. The Hall–Kier alpha value is -2.22. The van der Waals surface area contributed by atoms with Gasteiger partial charge in [-0.15, -0.1) is 0 Å². The summed E-state index contributed by atoms with van der Waals surface area (Å²) in [5, 5.41) is 5.16. The Labute approximate surface area is 167 Å². The molecule has 0 aliphatic heterocycles. The lowest BCUT2D eigenvalue weighted by molar-refractivity contribution is -0.146.